The molecule has 0 amide bonds. The molecular weight excluding hydrogens is 316 g/mol. The highest BCUT2D eigenvalue weighted by Gasteiger charge is 2.09. The molecule has 21 heavy (non-hydrogen) atoms. The molecule has 0 aliphatic rings. The summed E-state index contributed by atoms with van der Waals surface area (Å²) in [7, 11) is 0. The number of furan rings is 1. The molecule has 2 N–H and O–H groups in total. The van der Waals surface area contributed by atoms with E-state index >= 15 is 0 Å². The average Bonchev–Trinajstić information content (AvgIpc) is 2.92. The zero-order chi connectivity index (χ0) is 14.5. The summed E-state index contributed by atoms with van der Waals surface area (Å²) in [6.07, 6.45) is 0.845. The summed E-state index contributed by atoms with van der Waals surface area (Å²) >= 11 is 5.75. The minimum atomic E-state index is -0.447. The lowest BCUT2D eigenvalue weighted by atomic mass is 10.2. The van der Waals surface area contributed by atoms with Crippen LogP contribution in [0.3, 0.4) is 0 Å². The molecule has 0 radical (unpaired) electrons. The Labute approximate surface area is 134 Å². The summed E-state index contributed by atoms with van der Waals surface area (Å²) in [5.41, 5.74) is 0.733. The summed E-state index contributed by atoms with van der Waals surface area (Å²) in [5.74, 6) is 0.950. The Morgan fingerprint density at radius 3 is 2.71 bits per heavy atom. The van der Waals surface area contributed by atoms with E-state index in [1.54, 1.807) is 6.07 Å². The molecule has 0 bridgehead atoms. The molecule has 1 heterocycles. The first-order valence-corrected chi connectivity index (χ1v) is 6.90. The molecule has 0 fully saturated rings. The molecule has 0 aliphatic carbocycles. The van der Waals surface area contributed by atoms with Gasteiger partial charge in [-0.1, -0.05) is 18.5 Å². The monoisotopic (exact) mass is 333 g/mol. The minimum absolute atomic E-state index is 0. The molecular formula is C15H18Cl2FNO2. The second-order valence-corrected chi connectivity index (χ2v) is 4.97. The van der Waals surface area contributed by atoms with E-state index in [9.17, 15) is 4.39 Å². The molecule has 0 spiro atoms. The fraction of sp³-hybridized carbons (Fsp3) is 0.333. The molecule has 6 heteroatoms. The topological polar surface area (TPSA) is 45.4 Å². The van der Waals surface area contributed by atoms with Crippen molar-refractivity contribution in [3.05, 3.63) is 46.9 Å². The van der Waals surface area contributed by atoms with Crippen LogP contribution >= 0.6 is 24.0 Å². The van der Waals surface area contributed by atoms with Crippen molar-refractivity contribution >= 4 is 24.0 Å². The van der Waals surface area contributed by atoms with Gasteiger partial charge in [-0.3, -0.25) is 0 Å². The Hall–Kier alpha value is -1.07. The number of halogens is 3. The summed E-state index contributed by atoms with van der Waals surface area (Å²) in [5, 5.41) is 12.4. The fourth-order valence-electron chi connectivity index (χ4n) is 1.86. The number of hydrogen-bond acceptors (Lipinski definition) is 3. The fourth-order valence-corrected chi connectivity index (χ4v) is 2.04. The zero-order valence-electron chi connectivity index (χ0n) is 11.6. The first-order valence-electron chi connectivity index (χ1n) is 6.52. The minimum Gasteiger partial charge on any atom is -0.460 e. The predicted octanol–water partition coefficient (Wildman–Crippen LogP) is 4.02. The number of benzene rings is 1. The van der Waals surface area contributed by atoms with Crippen LogP contribution in [0.25, 0.3) is 11.3 Å². The van der Waals surface area contributed by atoms with E-state index in [2.05, 4.69) is 5.32 Å². The van der Waals surface area contributed by atoms with E-state index in [0.29, 0.717) is 12.3 Å². The van der Waals surface area contributed by atoms with Crippen LogP contribution in [0, 0.1) is 5.82 Å². The Morgan fingerprint density at radius 1 is 1.33 bits per heavy atom. The van der Waals surface area contributed by atoms with Gasteiger partial charge in [0.15, 0.2) is 0 Å². The summed E-state index contributed by atoms with van der Waals surface area (Å²) in [6.45, 7) is 2.63. The van der Waals surface area contributed by atoms with E-state index in [1.165, 1.54) is 12.1 Å². The normalized spacial score (nSPS) is 12.0. The third kappa shape index (κ3) is 4.71. The van der Waals surface area contributed by atoms with Gasteiger partial charge in [-0.05, 0) is 36.8 Å². The van der Waals surface area contributed by atoms with Gasteiger partial charge in [0.05, 0.1) is 18.2 Å². The first kappa shape index (κ1) is 18.0. The molecule has 1 atom stereocenters. The highest BCUT2D eigenvalue weighted by atomic mass is 35.5. The van der Waals surface area contributed by atoms with Crippen molar-refractivity contribution in [2.75, 3.05) is 6.61 Å². The molecule has 1 aromatic heterocycles. The maximum Gasteiger partial charge on any atom is 0.141 e. The van der Waals surface area contributed by atoms with Gasteiger partial charge in [-0.25, -0.2) is 4.39 Å². The van der Waals surface area contributed by atoms with E-state index in [1.807, 2.05) is 19.1 Å². The van der Waals surface area contributed by atoms with Crippen molar-refractivity contribution in [1.29, 1.82) is 0 Å². The van der Waals surface area contributed by atoms with E-state index in [4.69, 9.17) is 21.1 Å². The van der Waals surface area contributed by atoms with Gasteiger partial charge in [0.2, 0.25) is 0 Å². The number of aliphatic hydroxyl groups excluding tert-OH is 1. The Bertz CT molecular complexity index is 571. The molecule has 0 aliphatic heterocycles. The van der Waals surface area contributed by atoms with E-state index < -0.39 is 5.82 Å². The van der Waals surface area contributed by atoms with Crippen molar-refractivity contribution in [2.45, 2.75) is 25.9 Å². The van der Waals surface area contributed by atoms with Crippen molar-refractivity contribution in [3.8, 4) is 11.3 Å². The lowest BCUT2D eigenvalue weighted by molar-refractivity contribution is 0.235. The second-order valence-electron chi connectivity index (χ2n) is 4.56. The van der Waals surface area contributed by atoms with Gasteiger partial charge in [0.1, 0.15) is 17.3 Å². The lowest BCUT2D eigenvalue weighted by Gasteiger charge is -2.12. The quantitative estimate of drug-likeness (QED) is 0.839. The van der Waals surface area contributed by atoms with Crippen molar-refractivity contribution < 1.29 is 13.9 Å². The third-order valence-corrected chi connectivity index (χ3v) is 3.43. The van der Waals surface area contributed by atoms with Crippen LogP contribution < -0.4 is 5.32 Å². The van der Waals surface area contributed by atoms with Gasteiger partial charge in [0, 0.05) is 11.6 Å². The van der Waals surface area contributed by atoms with Gasteiger partial charge in [-0.2, -0.15) is 0 Å². The molecule has 3 nitrogen and oxygen atoms in total. The first-order chi connectivity index (χ1) is 9.63. The lowest BCUT2D eigenvalue weighted by Crippen LogP contribution is -2.30. The van der Waals surface area contributed by atoms with Gasteiger partial charge in [0.25, 0.3) is 0 Å². The highest BCUT2D eigenvalue weighted by Crippen LogP contribution is 2.26. The zero-order valence-corrected chi connectivity index (χ0v) is 13.2. The summed E-state index contributed by atoms with van der Waals surface area (Å²) < 4.78 is 18.8. The van der Waals surface area contributed by atoms with E-state index in [-0.39, 0.29) is 30.1 Å². The van der Waals surface area contributed by atoms with Gasteiger partial charge >= 0.3 is 0 Å². The second kappa shape index (κ2) is 8.39. The molecule has 2 rings (SSSR count). The van der Waals surface area contributed by atoms with Gasteiger partial charge in [-0.15, -0.1) is 12.4 Å². The maximum atomic E-state index is 13.1. The molecule has 116 valence electrons. The Kier molecular flexibility index (Phi) is 7.18. The molecule has 1 aromatic carbocycles. The smallest absolute Gasteiger partial charge is 0.141 e. The SMILES string of the molecule is CCC(CO)NCc1ccc(-c2ccc(F)c(Cl)c2)o1.Cl. The Balaban J connectivity index is 0.00000220. The van der Waals surface area contributed by atoms with Crippen molar-refractivity contribution in [2.24, 2.45) is 0 Å². The van der Waals surface area contributed by atoms with Crippen LogP contribution in [0.2, 0.25) is 5.02 Å². The van der Waals surface area contributed by atoms with Crippen LogP contribution in [0.15, 0.2) is 34.7 Å². The standard InChI is InChI=1S/C15H17ClFNO2.ClH/c1-2-11(9-19)18-8-12-4-6-15(20-12)10-3-5-14(17)13(16)7-10;/h3-7,11,18-19H,2,8-9H2,1H3;1H. The van der Waals surface area contributed by atoms with Crippen molar-refractivity contribution in [3.63, 3.8) is 0 Å². The highest BCUT2D eigenvalue weighted by molar-refractivity contribution is 6.31. The van der Waals surface area contributed by atoms with Crippen LogP contribution in [0.1, 0.15) is 19.1 Å². The maximum absolute atomic E-state index is 13.1. The number of rotatable bonds is 6. The molecule has 2 aromatic rings. The van der Waals surface area contributed by atoms with Crippen molar-refractivity contribution in [1.82, 2.24) is 5.32 Å². The van der Waals surface area contributed by atoms with Gasteiger partial charge < -0.3 is 14.8 Å². The number of aliphatic hydroxyl groups is 1. The molecule has 0 saturated heterocycles. The predicted molar refractivity (Wildman–Crippen MR) is 84.4 cm³/mol. The largest absolute Gasteiger partial charge is 0.460 e. The average molecular weight is 334 g/mol. The number of hydrogen-bond donors (Lipinski definition) is 2. The third-order valence-electron chi connectivity index (χ3n) is 3.14. The summed E-state index contributed by atoms with van der Waals surface area (Å²) in [6, 6.07) is 8.21. The van der Waals surface area contributed by atoms with Crippen LogP contribution in [0.5, 0.6) is 0 Å². The summed E-state index contributed by atoms with van der Waals surface area (Å²) in [4.78, 5) is 0. The van der Waals surface area contributed by atoms with E-state index in [0.717, 1.165) is 17.7 Å². The number of nitrogens with one attached hydrogen (secondary N) is 1. The Morgan fingerprint density at radius 2 is 2.10 bits per heavy atom. The van der Waals surface area contributed by atoms with Crippen LogP contribution in [-0.2, 0) is 6.54 Å². The van der Waals surface area contributed by atoms with Crippen LogP contribution in [-0.4, -0.2) is 17.8 Å². The molecule has 1 unspecified atom stereocenters. The van der Waals surface area contributed by atoms with Crippen LogP contribution in [0.4, 0.5) is 4.39 Å². The molecule has 0 saturated carbocycles.